The van der Waals surface area contributed by atoms with Gasteiger partial charge in [-0.3, -0.25) is 14.0 Å². The van der Waals surface area contributed by atoms with E-state index in [9.17, 15) is 13.2 Å². The summed E-state index contributed by atoms with van der Waals surface area (Å²) in [5.41, 5.74) is 1.68. The number of benzene rings is 1. The van der Waals surface area contributed by atoms with Crippen molar-refractivity contribution in [2.75, 3.05) is 18.6 Å². The Morgan fingerprint density at radius 1 is 1.29 bits per heavy atom. The molecule has 0 radical (unpaired) electrons. The molecule has 1 aromatic heterocycles. The van der Waals surface area contributed by atoms with Crippen LogP contribution in [-0.4, -0.2) is 47.0 Å². The molecule has 0 bridgehead atoms. The first-order chi connectivity index (χ1) is 9.89. The second-order valence-corrected chi connectivity index (χ2v) is 7.94. The lowest BCUT2D eigenvalue weighted by molar-refractivity contribution is 0.208. The summed E-state index contributed by atoms with van der Waals surface area (Å²) in [7, 11) is 0.711. The van der Waals surface area contributed by atoms with Gasteiger partial charge in [0.2, 0.25) is 0 Å². The van der Waals surface area contributed by atoms with E-state index in [1.165, 1.54) is 0 Å². The highest BCUT2D eigenvalue weighted by molar-refractivity contribution is 7.91. The molecule has 0 amide bonds. The molecule has 21 heavy (non-hydrogen) atoms. The molecular weight excluding hydrogens is 290 g/mol. The van der Waals surface area contributed by atoms with Crippen LogP contribution >= 0.6 is 0 Å². The molecule has 6 nitrogen and oxygen atoms in total. The summed E-state index contributed by atoms with van der Waals surface area (Å²) in [5, 5.41) is 0. The van der Waals surface area contributed by atoms with E-state index in [0.717, 1.165) is 11.0 Å². The molecule has 1 atom stereocenters. The number of sulfone groups is 1. The molecule has 1 saturated heterocycles. The number of fused-ring (bicyclic) bond motifs is 1. The van der Waals surface area contributed by atoms with Crippen molar-refractivity contribution < 1.29 is 8.42 Å². The highest BCUT2D eigenvalue weighted by atomic mass is 32.2. The van der Waals surface area contributed by atoms with Gasteiger partial charge < -0.3 is 0 Å². The van der Waals surface area contributed by atoms with Gasteiger partial charge in [-0.25, -0.2) is 13.2 Å². The molecule has 0 spiro atoms. The highest BCUT2D eigenvalue weighted by Crippen LogP contribution is 2.18. The van der Waals surface area contributed by atoms with Gasteiger partial charge in [0.25, 0.3) is 0 Å². The summed E-state index contributed by atoms with van der Waals surface area (Å²) in [6, 6.07) is 7.61. The molecule has 2 heterocycles. The first kappa shape index (κ1) is 14.3. The van der Waals surface area contributed by atoms with E-state index < -0.39 is 9.84 Å². The van der Waals surface area contributed by atoms with Gasteiger partial charge in [-0.05, 0) is 25.6 Å². The Bertz CT molecular complexity index is 835. The molecule has 114 valence electrons. The predicted octanol–water partition coefficient (Wildman–Crippen LogP) is 0.416. The maximum absolute atomic E-state index is 12.3. The molecule has 0 saturated carbocycles. The van der Waals surface area contributed by atoms with Crippen molar-refractivity contribution in [2.24, 2.45) is 7.05 Å². The summed E-state index contributed by atoms with van der Waals surface area (Å²) in [4.78, 5) is 14.3. The van der Waals surface area contributed by atoms with Gasteiger partial charge in [0.1, 0.15) is 0 Å². The van der Waals surface area contributed by atoms with Gasteiger partial charge >= 0.3 is 5.69 Å². The Labute approximate surface area is 123 Å². The fourth-order valence-corrected chi connectivity index (χ4v) is 4.77. The van der Waals surface area contributed by atoms with E-state index in [4.69, 9.17) is 0 Å². The minimum atomic E-state index is -2.91. The summed E-state index contributed by atoms with van der Waals surface area (Å²) in [5.74, 6) is 0.426. The van der Waals surface area contributed by atoms with Gasteiger partial charge in [0.05, 0.1) is 29.2 Å². The highest BCUT2D eigenvalue weighted by Gasteiger charge is 2.31. The minimum Gasteiger partial charge on any atom is -0.295 e. The Balaban J connectivity index is 1.92. The lowest BCUT2D eigenvalue weighted by atomic mass is 10.2. The van der Waals surface area contributed by atoms with E-state index in [2.05, 4.69) is 0 Å². The van der Waals surface area contributed by atoms with Crippen LogP contribution in [0.3, 0.4) is 0 Å². The Kier molecular flexibility index (Phi) is 3.41. The summed E-state index contributed by atoms with van der Waals surface area (Å²) >= 11 is 0. The average molecular weight is 309 g/mol. The number of aryl methyl sites for hydroxylation is 1. The number of nitrogens with zero attached hydrogens (tertiary/aromatic N) is 3. The van der Waals surface area contributed by atoms with E-state index in [-0.39, 0.29) is 23.2 Å². The van der Waals surface area contributed by atoms with Gasteiger partial charge in [-0.1, -0.05) is 12.1 Å². The van der Waals surface area contributed by atoms with Crippen molar-refractivity contribution in [3.63, 3.8) is 0 Å². The molecule has 1 aliphatic heterocycles. The fourth-order valence-electron chi connectivity index (χ4n) is 2.96. The number of aromatic nitrogens is 2. The molecule has 1 fully saturated rings. The van der Waals surface area contributed by atoms with Crippen molar-refractivity contribution in [3.8, 4) is 0 Å². The summed E-state index contributed by atoms with van der Waals surface area (Å²) in [6.07, 6.45) is 0.637. The van der Waals surface area contributed by atoms with Crippen LogP contribution in [0, 0.1) is 0 Å². The van der Waals surface area contributed by atoms with Crippen LogP contribution in [0.5, 0.6) is 0 Å². The summed E-state index contributed by atoms with van der Waals surface area (Å²) < 4.78 is 26.5. The van der Waals surface area contributed by atoms with E-state index in [1.807, 2.05) is 36.2 Å². The van der Waals surface area contributed by atoms with E-state index >= 15 is 0 Å². The van der Waals surface area contributed by atoms with Crippen molar-refractivity contribution in [3.05, 3.63) is 34.7 Å². The maximum atomic E-state index is 12.3. The number of rotatable bonds is 3. The van der Waals surface area contributed by atoms with Gasteiger partial charge in [0.15, 0.2) is 9.84 Å². The first-order valence-corrected chi connectivity index (χ1v) is 8.76. The molecule has 0 N–H and O–H groups in total. The third kappa shape index (κ3) is 2.51. The molecule has 7 heteroatoms. The average Bonchev–Trinajstić information content (AvgIpc) is 2.93. The molecule has 2 aromatic rings. The van der Waals surface area contributed by atoms with Crippen molar-refractivity contribution in [2.45, 2.75) is 19.1 Å². The van der Waals surface area contributed by atoms with Gasteiger partial charge in [-0.15, -0.1) is 0 Å². The standard InChI is InChI=1S/C14H19N3O3S/c1-15(11-7-8-21(19,20)9-11)10-17-13-6-4-3-5-12(13)16(2)14(17)18/h3-6,11H,7-10H2,1-2H3. The smallest absolute Gasteiger partial charge is 0.295 e. The van der Waals surface area contributed by atoms with Crippen LogP contribution in [-0.2, 0) is 23.6 Å². The quantitative estimate of drug-likeness (QED) is 0.824. The van der Waals surface area contributed by atoms with Gasteiger partial charge in [-0.2, -0.15) is 0 Å². The SMILES string of the molecule is CN(Cn1c(=O)n(C)c2ccccc21)C1CCS(=O)(=O)C1. The number of hydrogen-bond donors (Lipinski definition) is 0. The van der Waals surface area contributed by atoms with Crippen LogP contribution in [0.1, 0.15) is 6.42 Å². The Hall–Kier alpha value is -1.60. The van der Waals surface area contributed by atoms with Crippen molar-refractivity contribution in [1.82, 2.24) is 14.0 Å². The third-order valence-corrected chi connectivity index (χ3v) is 6.00. The number of imidazole rings is 1. The first-order valence-electron chi connectivity index (χ1n) is 6.94. The third-order valence-electron chi connectivity index (χ3n) is 4.25. The normalized spacial score (nSPS) is 21.4. The molecule has 1 unspecified atom stereocenters. The molecule has 3 rings (SSSR count). The number of para-hydroxylation sites is 2. The number of hydrogen-bond acceptors (Lipinski definition) is 4. The van der Waals surface area contributed by atoms with Crippen LogP contribution in [0.2, 0.25) is 0 Å². The van der Waals surface area contributed by atoms with E-state index in [1.54, 1.807) is 16.2 Å². The topological polar surface area (TPSA) is 64.3 Å². The van der Waals surface area contributed by atoms with E-state index in [0.29, 0.717) is 13.1 Å². The predicted molar refractivity (Wildman–Crippen MR) is 82.0 cm³/mol. The monoisotopic (exact) mass is 309 g/mol. The largest absolute Gasteiger partial charge is 0.329 e. The van der Waals surface area contributed by atoms with Crippen LogP contribution in [0.15, 0.2) is 29.1 Å². The molecule has 0 aliphatic carbocycles. The van der Waals surface area contributed by atoms with Crippen LogP contribution in [0.4, 0.5) is 0 Å². The Morgan fingerprint density at radius 2 is 1.95 bits per heavy atom. The lowest BCUT2D eigenvalue weighted by Gasteiger charge is -2.23. The fraction of sp³-hybridized carbons (Fsp3) is 0.500. The summed E-state index contributed by atoms with van der Waals surface area (Å²) in [6.45, 7) is 0.403. The van der Waals surface area contributed by atoms with Crippen LogP contribution < -0.4 is 5.69 Å². The second-order valence-electron chi connectivity index (χ2n) is 5.71. The van der Waals surface area contributed by atoms with Gasteiger partial charge in [0, 0.05) is 13.1 Å². The molecule has 1 aromatic carbocycles. The molecular formula is C14H19N3O3S. The zero-order chi connectivity index (χ0) is 15.2. The second kappa shape index (κ2) is 4.99. The van der Waals surface area contributed by atoms with Crippen molar-refractivity contribution in [1.29, 1.82) is 0 Å². The lowest BCUT2D eigenvalue weighted by Crippen LogP contribution is -2.37. The maximum Gasteiger partial charge on any atom is 0.329 e. The Morgan fingerprint density at radius 3 is 2.57 bits per heavy atom. The van der Waals surface area contributed by atoms with Crippen molar-refractivity contribution >= 4 is 20.9 Å². The van der Waals surface area contributed by atoms with Crippen LogP contribution in [0.25, 0.3) is 11.0 Å². The zero-order valence-electron chi connectivity index (χ0n) is 12.2. The minimum absolute atomic E-state index is 0.0131. The molecule has 1 aliphatic rings. The zero-order valence-corrected chi connectivity index (χ0v) is 13.0.